The number of allylic oxidation sites excluding steroid dienone is 4. The van der Waals surface area contributed by atoms with Crippen molar-refractivity contribution >= 4 is 5.91 Å². The van der Waals surface area contributed by atoms with E-state index in [-0.39, 0.29) is 18.9 Å². The Hall–Kier alpha value is -1.73. The number of carbonyl (C=O) groups excluding carboxylic acids is 1. The second-order valence-electron chi connectivity index (χ2n) is 27.1. The van der Waals surface area contributed by atoms with Crippen molar-refractivity contribution in [1.29, 1.82) is 0 Å². The van der Waals surface area contributed by atoms with E-state index in [4.69, 9.17) is 28.4 Å². The number of nitrogens with one attached hydrogen (secondary N) is 1. The molecule has 3 fully saturated rings. The minimum Gasteiger partial charge on any atom is -0.394 e. The van der Waals surface area contributed by atoms with Crippen LogP contribution in [-0.4, -0.2) is 193 Å². The lowest BCUT2D eigenvalue weighted by Gasteiger charge is -2.48. The SMILES string of the molecule is CCCCCCC/C=C\C/C=C\CCCCCCCCCCCCCCCCCCCCCCCCCCCCCCCC(=O)NC(COC1OC(CO)C(OC2OC(CO)C(OC3OC(CO)C(O)C(O)C3O)C(O)C2O)C(O)C1O)C(O)CCCCCCCC. The molecule has 3 aliphatic rings. The van der Waals surface area contributed by atoms with Crippen LogP contribution in [0.4, 0.5) is 0 Å². The van der Waals surface area contributed by atoms with Gasteiger partial charge in [0.25, 0.3) is 0 Å². The van der Waals surface area contributed by atoms with Crippen molar-refractivity contribution in [2.45, 2.75) is 407 Å². The highest BCUT2D eigenvalue weighted by Crippen LogP contribution is 2.33. The molecule has 3 heterocycles. The van der Waals surface area contributed by atoms with E-state index in [1.54, 1.807) is 0 Å². The highest BCUT2D eigenvalue weighted by atomic mass is 16.8. The second kappa shape index (κ2) is 55.2. The molecular formula is C73H137NO18. The van der Waals surface area contributed by atoms with E-state index in [1.807, 2.05) is 0 Å². The molecule has 0 aromatic carbocycles. The molecule has 542 valence electrons. The first kappa shape index (κ1) is 84.5. The van der Waals surface area contributed by atoms with Gasteiger partial charge in [0.2, 0.25) is 5.91 Å². The van der Waals surface area contributed by atoms with Gasteiger partial charge in [0.1, 0.15) is 73.2 Å². The monoisotopic (exact) mass is 1320 g/mol. The van der Waals surface area contributed by atoms with Crippen LogP contribution in [0, 0.1) is 0 Å². The number of hydrogen-bond acceptors (Lipinski definition) is 18. The predicted octanol–water partition coefficient (Wildman–Crippen LogP) is 11.0. The largest absolute Gasteiger partial charge is 0.394 e. The number of ether oxygens (including phenoxy) is 6. The molecule has 3 aliphatic heterocycles. The molecule has 0 aromatic heterocycles. The zero-order valence-electron chi connectivity index (χ0n) is 57.5. The van der Waals surface area contributed by atoms with Crippen LogP contribution < -0.4 is 5.32 Å². The molecule has 17 unspecified atom stereocenters. The van der Waals surface area contributed by atoms with Crippen molar-refractivity contribution < 1.29 is 89.4 Å². The highest BCUT2D eigenvalue weighted by molar-refractivity contribution is 5.76. The minimum absolute atomic E-state index is 0.243. The van der Waals surface area contributed by atoms with Gasteiger partial charge in [-0.2, -0.15) is 0 Å². The third-order valence-corrected chi connectivity index (χ3v) is 19.0. The summed E-state index contributed by atoms with van der Waals surface area (Å²) in [5, 5.41) is 120. The van der Waals surface area contributed by atoms with Crippen molar-refractivity contribution in [2.24, 2.45) is 0 Å². The summed E-state index contributed by atoms with van der Waals surface area (Å²) in [4.78, 5) is 13.3. The van der Waals surface area contributed by atoms with E-state index in [1.165, 1.54) is 205 Å². The van der Waals surface area contributed by atoms with E-state index in [0.29, 0.717) is 12.8 Å². The summed E-state index contributed by atoms with van der Waals surface area (Å²) >= 11 is 0. The Kier molecular flexibility index (Phi) is 50.7. The number of amides is 1. The van der Waals surface area contributed by atoms with Crippen molar-refractivity contribution in [3.63, 3.8) is 0 Å². The summed E-state index contributed by atoms with van der Waals surface area (Å²) in [6.45, 7) is 1.72. The van der Waals surface area contributed by atoms with Gasteiger partial charge < -0.3 is 89.9 Å². The Morgan fingerprint density at radius 2 is 0.717 bits per heavy atom. The lowest BCUT2D eigenvalue weighted by Crippen LogP contribution is -2.66. The minimum atomic E-state index is -1.97. The standard InChI is InChI=1S/C73H137NO18/c1-3-5-7-9-11-12-13-14-15-16-17-18-19-20-21-22-23-24-25-26-27-28-29-30-31-32-33-34-35-36-37-38-39-40-41-42-43-44-45-47-49-51-61(79)74-56(57(78)50-48-46-10-8-6-4-2)55-87-71-67(85)64(82)69(59(53-76)89-71)92-73-68(86)65(83)70(60(54-77)90-73)91-72-66(84)63(81)62(80)58(52-75)88-72/h13-14,16-17,56-60,62-73,75-78,80-86H,3-12,15,18-55H2,1-2H3,(H,74,79)/b14-13-,17-16-. The number of carbonyl (C=O) groups is 1. The Balaban J connectivity index is 1.20. The molecule has 0 spiro atoms. The van der Waals surface area contributed by atoms with Gasteiger partial charge in [-0.3, -0.25) is 4.79 Å². The Bertz CT molecular complexity index is 1760. The fourth-order valence-electron chi connectivity index (χ4n) is 12.9. The van der Waals surface area contributed by atoms with Crippen LogP contribution in [0.25, 0.3) is 0 Å². The van der Waals surface area contributed by atoms with Gasteiger partial charge in [-0.05, 0) is 44.9 Å². The first-order valence-electron chi connectivity index (χ1n) is 37.6. The maximum atomic E-state index is 13.3. The fourth-order valence-corrected chi connectivity index (χ4v) is 12.9. The number of unbranched alkanes of at least 4 members (excludes halogenated alkanes) is 39. The van der Waals surface area contributed by atoms with Gasteiger partial charge in [0, 0.05) is 6.42 Å². The van der Waals surface area contributed by atoms with E-state index in [9.17, 15) is 61.0 Å². The molecule has 0 aromatic rings. The smallest absolute Gasteiger partial charge is 0.220 e. The average molecular weight is 1320 g/mol. The Labute approximate surface area is 556 Å². The average Bonchev–Trinajstić information content (AvgIpc) is 0.817. The van der Waals surface area contributed by atoms with Crippen LogP contribution >= 0.6 is 0 Å². The predicted molar refractivity (Wildman–Crippen MR) is 360 cm³/mol. The van der Waals surface area contributed by atoms with Crippen molar-refractivity contribution in [3.05, 3.63) is 24.3 Å². The zero-order valence-corrected chi connectivity index (χ0v) is 57.5. The number of aliphatic hydroxyl groups is 11. The summed E-state index contributed by atoms with van der Waals surface area (Å²) < 4.78 is 34.2. The molecular weight excluding hydrogens is 1180 g/mol. The third kappa shape index (κ3) is 36.2. The quantitative estimate of drug-likeness (QED) is 0.0199. The molecule has 19 heteroatoms. The number of rotatable bonds is 59. The summed E-state index contributed by atoms with van der Waals surface area (Å²) in [7, 11) is 0. The summed E-state index contributed by atoms with van der Waals surface area (Å²) in [5.41, 5.74) is 0. The van der Waals surface area contributed by atoms with Crippen LogP contribution in [0.5, 0.6) is 0 Å². The lowest BCUT2D eigenvalue weighted by molar-refractivity contribution is -0.379. The normalized spacial score (nSPS) is 27.8. The molecule has 92 heavy (non-hydrogen) atoms. The van der Waals surface area contributed by atoms with Crippen LogP contribution in [0.1, 0.15) is 303 Å². The third-order valence-electron chi connectivity index (χ3n) is 19.0. The zero-order chi connectivity index (χ0) is 66.8. The topological polar surface area (TPSA) is 307 Å². The van der Waals surface area contributed by atoms with Crippen molar-refractivity contribution in [3.8, 4) is 0 Å². The molecule has 0 radical (unpaired) electrons. The van der Waals surface area contributed by atoms with E-state index >= 15 is 0 Å². The van der Waals surface area contributed by atoms with E-state index in [0.717, 1.165) is 64.2 Å². The lowest BCUT2D eigenvalue weighted by atomic mass is 9.96. The van der Waals surface area contributed by atoms with Crippen molar-refractivity contribution in [2.75, 3.05) is 26.4 Å². The van der Waals surface area contributed by atoms with E-state index < -0.39 is 124 Å². The highest BCUT2D eigenvalue weighted by Gasteiger charge is 2.53. The summed E-state index contributed by atoms with van der Waals surface area (Å²) in [5.74, 6) is -0.243. The van der Waals surface area contributed by atoms with Gasteiger partial charge in [-0.25, -0.2) is 0 Å². The molecule has 0 bridgehead atoms. The maximum Gasteiger partial charge on any atom is 0.220 e. The second-order valence-corrected chi connectivity index (χ2v) is 27.1. The van der Waals surface area contributed by atoms with E-state index in [2.05, 4.69) is 43.5 Å². The van der Waals surface area contributed by atoms with Crippen LogP contribution in [0.15, 0.2) is 24.3 Å². The van der Waals surface area contributed by atoms with Crippen molar-refractivity contribution in [1.82, 2.24) is 5.32 Å². The summed E-state index contributed by atoms with van der Waals surface area (Å²) in [6.07, 6.45) is 38.1. The molecule has 0 aliphatic carbocycles. The number of hydrogen-bond donors (Lipinski definition) is 12. The molecule has 3 saturated heterocycles. The Morgan fingerprint density at radius 3 is 1.11 bits per heavy atom. The maximum absolute atomic E-state index is 13.3. The fraction of sp³-hybridized carbons (Fsp3) is 0.932. The molecule has 12 N–H and O–H groups in total. The van der Waals surface area contributed by atoms with Crippen LogP contribution in [-0.2, 0) is 33.2 Å². The molecule has 1 amide bonds. The molecule has 3 rings (SSSR count). The van der Waals surface area contributed by atoms with Gasteiger partial charge in [0.05, 0.1) is 38.6 Å². The first-order valence-corrected chi connectivity index (χ1v) is 37.6. The summed E-state index contributed by atoms with van der Waals surface area (Å²) in [6, 6.07) is -0.880. The van der Waals surface area contributed by atoms with Crippen LogP contribution in [0.3, 0.4) is 0 Å². The first-order chi connectivity index (χ1) is 44.8. The van der Waals surface area contributed by atoms with Gasteiger partial charge in [-0.1, -0.05) is 276 Å². The van der Waals surface area contributed by atoms with Gasteiger partial charge in [0.15, 0.2) is 18.9 Å². The molecule has 19 nitrogen and oxygen atoms in total. The molecule has 17 atom stereocenters. The van der Waals surface area contributed by atoms with Crippen LogP contribution in [0.2, 0.25) is 0 Å². The molecule has 0 saturated carbocycles. The van der Waals surface area contributed by atoms with Gasteiger partial charge in [-0.15, -0.1) is 0 Å². The number of aliphatic hydroxyl groups excluding tert-OH is 11. The Morgan fingerprint density at radius 1 is 0.391 bits per heavy atom. The van der Waals surface area contributed by atoms with Gasteiger partial charge >= 0.3 is 0 Å².